The summed E-state index contributed by atoms with van der Waals surface area (Å²) in [5, 5.41) is 11.8. The van der Waals surface area contributed by atoms with E-state index in [1.165, 1.54) is 17.7 Å². The van der Waals surface area contributed by atoms with Gasteiger partial charge in [-0.05, 0) is 29.0 Å². The maximum absolute atomic E-state index is 13.8. The Labute approximate surface area is 148 Å². The Morgan fingerprint density at radius 1 is 1.16 bits per heavy atom. The molecule has 0 saturated carbocycles. The third kappa shape index (κ3) is 5.15. The number of nitrogens with one attached hydrogen (secondary N) is 1. The lowest BCUT2D eigenvalue weighted by Crippen LogP contribution is -2.28. The van der Waals surface area contributed by atoms with E-state index in [4.69, 9.17) is 0 Å². The van der Waals surface area contributed by atoms with Crippen molar-refractivity contribution in [3.05, 3.63) is 71.0 Å². The summed E-state index contributed by atoms with van der Waals surface area (Å²) in [6.07, 6.45) is 0.827. The number of hydrogen-bond acceptors (Lipinski definition) is 2. The van der Waals surface area contributed by atoms with E-state index < -0.39 is 11.9 Å². The fourth-order valence-corrected chi connectivity index (χ4v) is 2.55. The maximum Gasteiger partial charge on any atom is 0.221 e. The average Bonchev–Trinajstić information content (AvgIpc) is 2.58. The van der Waals surface area contributed by atoms with Gasteiger partial charge in [-0.15, -0.1) is 0 Å². The Hall–Kier alpha value is -2.67. The van der Waals surface area contributed by atoms with E-state index in [1.54, 1.807) is 12.1 Å². The zero-order valence-corrected chi connectivity index (χ0v) is 14.8. The summed E-state index contributed by atoms with van der Waals surface area (Å²) in [4.78, 5) is 12.1. The van der Waals surface area contributed by atoms with Gasteiger partial charge in [0.2, 0.25) is 5.91 Å². The molecule has 0 aliphatic rings. The molecular formula is C21H23FN2O. The monoisotopic (exact) mass is 338 g/mol. The number of carbonyl (C=O) groups excluding carboxylic acids is 1. The first-order chi connectivity index (χ1) is 11.8. The molecule has 0 bridgehead atoms. The Kier molecular flexibility index (Phi) is 5.93. The second kappa shape index (κ2) is 7.94. The quantitative estimate of drug-likeness (QED) is 0.876. The molecule has 1 atom stereocenters. The normalized spacial score (nSPS) is 12.3. The van der Waals surface area contributed by atoms with Gasteiger partial charge in [-0.1, -0.05) is 63.2 Å². The van der Waals surface area contributed by atoms with Crippen molar-refractivity contribution in [2.24, 2.45) is 0 Å². The van der Waals surface area contributed by atoms with Crippen LogP contribution in [0, 0.1) is 17.1 Å². The summed E-state index contributed by atoms with van der Waals surface area (Å²) in [7, 11) is 0. The minimum Gasteiger partial charge on any atom is -0.337 e. The van der Waals surface area contributed by atoms with Crippen molar-refractivity contribution in [1.29, 1.82) is 5.26 Å². The number of benzene rings is 2. The Bertz CT molecular complexity index is 770. The molecule has 0 fully saturated rings. The van der Waals surface area contributed by atoms with E-state index in [0.29, 0.717) is 6.42 Å². The fourth-order valence-electron chi connectivity index (χ4n) is 2.55. The van der Waals surface area contributed by atoms with Crippen LogP contribution in [-0.4, -0.2) is 5.91 Å². The van der Waals surface area contributed by atoms with E-state index in [-0.39, 0.29) is 23.3 Å². The molecule has 25 heavy (non-hydrogen) atoms. The van der Waals surface area contributed by atoms with Gasteiger partial charge in [0.05, 0.1) is 6.07 Å². The molecule has 4 heteroatoms. The molecule has 0 radical (unpaired) electrons. The van der Waals surface area contributed by atoms with E-state index in [9.17, 15) is 14.4 Å². The molecule has 0 aromatic heterocycles. The van der Waals surface area contributed by atoms with Crippen molar-refractivity contribution in [2.45, 2.75) is 45.1 Å². The number of amides is 1. The number of nitriles is 1. The van der Waals surface area contributed by atoms with Crippen molar-refractivity contribution < 1.29 is 9.18 Å². The highest BCUT2D eigenvalue weighted by atomic mass is 19.1. The molecule has 3 nitrogen and oxygen atoms in total. The van der Waals surface area contributed by atoms with Gasteiger partial charge in [-0.2, -0.15) is 5.26 Å². The molecule has 0 aliphatic heterocycles. The maximum atomic E-state index is 13.8. The number of carbonyl (C=O) groups is 1. The molecule has 130 valence electrons. The van der Waals surface area contributed by atoms with Crippen LogP contribution in [-0.2, 0) is 16.6 Å². The summed E-state index contributed by atoms with van der Waals surface area (Å²) in [6.45, 7) is 6.46. The van der Waals surface area contributed by atoms with Gasteiger partial charge in [-0.25, -0.2) is 4.39 Å². The van der Waals surface area contributed by atoms with Crippen LogP contribution in [0.5, 0.6) is 0 Å². The summed E-state index contributed by atoms with van der Waals surface area (Å²) in [6, 6.07) is 15.1. The average molecular weight is 338 g/mol. The largest absolute Gasteiger partial charge is 0.337 e. The number of halogens is 1. The third-order valence-electron chi connectivity index (χ3n) is 4.11. The van der Waals surface area contributed by atoms with Gasteiger partial charge < -0.3 is 5.32 Å². The minimum absolute atomic E-state index is 0.0929. The highest BCUT2D eigenvalue weighted by Crippen LogP contribution is 2.22. The van der Waals surface area contributed by atoms with Crippen LogP contribution in [0.25, 0.3) is 0 Å². The number of aryl methyl sites for hydroxylation is 1. The fraction of sp³-hybridized carbons (Fsp3) is 0.333. The summed E-state index contributed by atoms with van der Waals surface area (Å²) in [5.41, 5.74) is 2.58. The summed E-state index contributed by atoms with van der Waals surface area (Å²) >= 11 is 0. The lowest BCUT2D eigenvalue weighted by molar-refractivity contribution is -0.121. The molecule has 2 aromatic rings. The summed E-state index contributed by atoms with van der Waals surface area (Å²) in [5.74, 6) is -0.762. The van der Waals surface area contributed by atoms with Crippen LogP contribution in [0.3, 0.4) is 0 Å². The van der Waals surface area contributed by atoms with Crippen LogP contribution in [0.4, 0.5) is 4.39 Å². The molecule has 2 rings (SSSR count). The Balaban J connectivity index is 1.94. The van der Waals surface area contributed by atoms with E-state index >= 15 is 0 Å². The second-order valence-corrected chi connectivity index (χ2v) is 7.10. The molecule has 1 unspecified atom stereocenters. The number of rotatable bonds is 5. The van der Waals surface area contributed by atoms with Crippen molar-refractivity contribution >= 4 is 5.91 Å². The van der Waals surface area contributed by atoms with Gasteiger partial charge in [0, 0.05) is 12.0 Å². The lowest BCUT2D eigenvalue weighted by atomic mass is 9.86. The first-order valence-corrected chi connectivity index (χ1v) is 8.34. The lowest BCUT2D eigenvalue weighted by Gasteiger charge is -2.19. The second-order valence-electron chi connectivity index (χ2n) is 7.10. The molecular weight excluding hydrogens is 315 g/mol. The smallest absolute Gasteiger partial charge is 0.221 e. The van der Waals surface area contributed by atoms with Crippen molar-refractivity contribution in [3.8, 4) is 6.07 Å². The van der Waals surface area contributed by atoms with Crippen molar-refractivity contribution in [3.63, 3.8) is 0 Å². The van der Waals surface area contributed by atoms with E-state index in [1.807, 2.05) is 18.2 Å². The third-order valence-corrected chi connectivity index (χ3v) is 4.11. The van der Waals surface area contributed by atoms with Gasteiger partial charge in [-0.3, -0.25) is 4.79 Å². The van der Waals surface area contributed by atoms with Crippen molar-refractivity contribution in [1.82, 2.24) is 5.32 Å². The number of nitrogens with zero attached hydrogens (tertiary/aromatic N) is 1. The van der Waals surface area contributed by atoms with Gasteiger partial charge in [0.1, 0.15) is 11.9 Å². The van der Waals surface area contributed by atoms with Crippen LogP contribution in [0.15, 0.2) is 48.5 Å². The molecule has 0 saturated heterocycles. The van der Waals surface area contributed by atoms with Crippen LogP contribution in [0.2, 0.25) is 0 Å². The van der Waals surface area contributed by atoms with E-state index in [0.717, 1.165) is 5.56 Å². The predicted octanol–water partition coefficient (Wildman–Crippen LogP) is 4.44. The van der Waals surface area contributed by atoms with Crippen LogP contribution in [0.1, 0.15) is 49.9 Å². The standard InChI is InChI=1S/C21H23FN2O/c1-21(2,3)16-11-8-15(9-12-16)10-13-20(25)24-19(14-23)17-6-4-5-7-18(17)22/h4-9,11-12,19H,10,13H2,1-3H3,(H,24,25). The first-order valence-electron chi connectivity index (χ1n) is 8.34. The molecule has 1 N–H and O–H groups in total. The van der Waals surface area contributed by atoms with Crippen molar-refractivity contribution in [2.75, 3.05) is 0 Å². The Morgan fingerprint density at radius 3 is 2.36 bits per heavy atom. The molecule has 1 amide bonds. The van der Waals surface area contributed by atoms with Gasteiger partial charge in [0.15, 0.2) is 0 Å². The SMILES string of the molecule is CC(C)(C)c1ccc(CCC(=O)NC(C#N)c2ccccc2F)cc1. The van der Waals surface area contributed by atoms with Gasteiger partial charge >= 0.3 is 0 Å². The van der Waals surface area contributed by atoms with Gasteiger partial charge in [0.25, 0.3) is 0 Å². The summed E-state index contributed by atoms with van der Waals surface area (Å²) < 4.78 is 13.8. The molecule has 0 spiro atoms. The first kappa shape index (κ1) is 18.7. The van der Waals surface area contributed by atoms with Crippen LogP contribution >= 0.6 is 0 Å². The molecule has 2 aromatic carbocycles. The van der Waals surface area contributed by atoms with Crippen LogP contribution < -0.4 is 5.32 Å². The highest BCUT2D eigenvalue weighted by molar-refractivity contribution is 5.77. The minimum atomic E-state index is -0.975. The molecule has 0 aliphatic carbocycles. The molecule has 0 heterocycles. The Morgan fingerprint density at radius 2 is 1.80 bits per heavy atom. The zero-order chi connectivity index (χ0) is 18.4. The topological polar surface area (TPSA) is 52.9 Å². The van der Waals surface area contributed by atoms with E-state index in [2.05, 4.69) is 38.2 Å². The number of hydrogen-bond donors (Lipinski definition) is 1. The predicted molar refractivity (Wildman–Crippen MR) is 96.4 cm³/mol. The highest BCUT2D eigenvalue weighted by Gasteiger charge is 2.17. The zero-order valence-electron chi connectivity index (χ0n) is 14.8.